The first-order valence-corrected chi connectivity index (χ1v) is 5.80. The molecule has 0 aliphatic heterocycles. The number of aliphatic carboxylic acids is 1. The summed E-state index contributed by atoms with van der Waals surface area (Å²) in [5.41, 5.74) is 0.193. The average molecular weight is 225 g/mol. The molecule has 0 fully saturated rings. The summed E-state index contributed by atoms with van der Waals surface area (Å²) in [5.74, 6) is -0.848. The van der Waals surface area contributed by atoms with E-state index in [4.69, 9.17) is 5.11 Å². The van der Waals surface area contributed by atoms with E-state index in [1.807, 2.05) is 25.2 Å². The van der Waals surface area contributed by atoms with Crippen molar-refractivity contribution in [3.8, 4) is 0 Å². The van der Waals surface area contributed by atoms with Gasteiger partial charge in [-0.25, -0.2) is 4.79 Å². The van der Waals surface area contributed by atoms with Crippen LogP contribution in [0.15, 0.2) is 23.8 Å². The van der Waals surface area contributed by atoms with Gasteiger partial charge in [-0.1, -0.05) is 32.1 Å². The molecule has 0 saturated carbocycles. The maximum atomic E-state index is 10.8. The van der Waals surface area contributed by atoms with Crippen molar-refractivity contribution in [3.05, 3.63) is 23.8 Å². The predicted molar refractivity (Wildman–Crippen MR) is 67.5 cm³/mol. The summed E-state index contributed by atoms with van der Waals surface area (Å²) in [6, 6.07) is 0. The summed E-state index contributed by atoms with van der Waals surface area (Å²) in [6.45, 7) is 8.51. The van der Waals surface area contributed by atoms with E-state index in [2.05, 4.69) is 19.2 Å². The molecule has 0 unspecified atom stereocenters. The Bertz CT molecular complexity index is 276. The van der Waals surface area contributed by atoms with Gasteiger partial charge in [0.05, 0.1) is 0 Å². The fraction of sp³-hybridized carbons (Fsp3) is 0.615. The van der Waals surface area contributed by atoms with E-state index in [9.17, 15) is 4.79 Å². The van der Waals surface area contributed by atoms with Crippen LogP contribution >= 0.6 is 0 Å². The minimum atomic E-state index is -0.848. The van der Waals surface area contributed by atoms with Crippen molar-refractivity contribution in [2.75, 3.05) is 6.54 Å². The number of nitrogens with one attached hydrogen (secondary N) is 1. The van der Waals surface area contributed by atoms with Gasteiger partial charge < -0.3 is 10.4 Å². The van der Waals surface area contributed by atoms with Crippen LogP contribution in [0.25, 0.3) is 0 Å². The predicted octanol–water partition coefficient (Wildman–Crippen LogP) is 2.74. The quantitative estimate of drug-likeness (QED) is 0.517. The smallest absolute Gasteiger partial charge is 0.331 e. The fourth-order valence-corrected chi connectivity index (χ4v) is 1.61. The summed E-state index contributed by atoms with van der Waals surface area (Å²) in [6.07, 6.45) is 7.61. The SMILES string of the molecule is CC=CCNC(C=C(C)C(=O)O)(CC)CC. The molecule has 0 aliphatic carbocycles. The largest absolute Gasteiger partial charge is 0.478 e. The lowest BCUT2D eigenvalue weighted by molar-refractivity contribution is -0.132. The van der Waals surface area contributed by atoms with E-state index in [0.29, 0.717) is 5.57 Å². The Morgan fingerprint density at radius 2 is 1.94 bits per heavy atom. The molecule has 0 radical (unpaired) electrons. The van der Waals surface area contributed by atoms with Crippen molar-refractivity contribution in [2.45, 2.75) is 46.1 Å². The van der Waals surface area contributed by atoms with E-state index in [-0.39, 0.29) is 5.54 Å². The second-order valence-electron chi connectivity index (χ2n) is 3.95. The highest BCUT2D eigenvalue weighted by atomic mass is 16.4. The van der Waals surface area contributed by atoms with Crippen LogP contribution in [-0.2, 0) is 4.79 Å². The van der Waals surface area contributed by atoms with Gasteiger partial charge in [0, 0.05) is 17.7 Å². The second-order valence-corrected chi connectivity index (χ2v) is 3.95. The van der Waals surface area contributed by atoms with E-state index in [1.54, 1.807) is 6.92 Å². The Kier molecular flexibility index (Phi) is 6.74. The highest BCUT2D eigenvalue weighted by Gasteiger charge is 2.23. The summed E-state index contributed by atoms with van der Waals surface area (Å²) < 4.78 is 0. The number of carbonyl (C=O) groups is 1. The van der Waals surface area contributed by atoms with Crippen molar-refractivity contribution in [2.24, 2.45) is 0 Å². The molecule has 0 rings (SSSR count). The number of carboxylic acid groups (broad SMARTS) is 1. The maximum absolute atomic E-state index is 10.8. The molecule has 16 heavy (non-hydrogen) atoms. The monoisotopic (exact) mass is 225 g/mol. The van der Waals surface area contributed by atoms with Crippen molar-refractivity contribution in [3.63, 3.8) is 0 Å². The number of rotatable bonds is 7. The van der Waals surface area contributed by atoms with Crippen LogP contribution in [0, 0.1) is 0 Å². The minimum absolute atomic E-state index is 0.206. The zero-order valence-corrected chi connectivity index (χ0v) is 10.7. The first-order chi connectivity index (χ1) is 7.51. The lowest BCUT2D eigenvalue weighted by atomic mass is 9.90. The van der Waals surface area contributed by atoms with Crippen molar-refractivity contribution in [1.82, 2.24) is 5.32 Å². The summed E-state index contributed by atoms with van der Waals surface area (Å²) in [5, 5.41) is 12.3. The zero-order valence-electron chi connectivity index (χ0n) is 10.7. The van der Waals surface area contributed by atoms with Crippen LogP contribution < -0.4 is 5.32 Å². The van der Waals surface area contributed by atoms with Crippen LogP contribution in [-0.4, -0.2) is 23.2 Å². The topological polar surface area (TPSA) is 49.3 Å². The van der Waals surface area contributed by atoms with E-state index in [0.717, 1.165) is 19.4 Å². The molecule has 3 heteroatoms. The highest BCUT2D eigenvalue weighted by molar-refractivity contribution is 5.86. The molecule has 0 heterocycles. The molecule has 3 nitrogen and oxygen atoms in total. The van der Waals surface area contributed by atoms with Gasteiger partial charge in [-0.3, -0.25) is 0 Å². The van der Waals surface area contributed by atoms with E-state index >= 15 is 0 Å². The van der Waals surface area contributed by atoms with Gasteiger partial charge in [0.2, 0.25) is 0 Å². The van der Waals surface area contributed by atoms with Crippen LogP contribution in [0.1, 0.15) is 40.5 Å². The lowest BCUT2D eigenvalue weighted by Crippen LogP contribution is -2.43. The number of hydrogen-bond donors (Lipinski definition) is 2. The van der Waals surface area contributed by atoms with Crippen molar-refractivity contribution >= 4 is 5.97 Å². The standard InChI is InChI=1S/C13H23NO2/c1-5-8-9-14-13(6-2,7-3)10-11(4)12(15)16/h5,8,10,14H,6-7,9H2,1-4H3,(H,15,16). The first kappa shape index (κ1) is 14.9. The molecule has 0 atom stereocenters. The third kappa shape index (κ3) is 4.62. The van der Waals surface area contributed by atoms with Gasteiger partial charge in [-0.15, -0.1) is 0 Å². The maximum Gasteiger partial charge on any atom is 0.331 e. The van der Waals surface area contributed by atoms with Gasteiger partial charge in [-0.05, 0) is 26.7 Å². The molecule has 0 aromatic heterocycles. The van der Waals surface area contributed by atoms with Gasteiger partial charge in [-0.2, -0.15) is 0 Å². The van der Waals surface area contributed by atoms with Crippen LogP contribution in [0.4, 0.5) is 0 Å². The summed E-state index contributed by atoms with van der Waals surface area (Å²) in [7, 11) is 0. The van der Waals surface area contributed by atoms with Gasteiger partial charge >= 0.3 is 5.97 Å². The number of hydrogen-bond acceptors (Lipinski definition) is 2. The lowest BCUT2D eigenvalue weighted by Gasteiger charge is -2.30. The number of allylic oxidation sites excluding steroid dienone is 1. The number of carboxylic acids is 1. The normalized spacial score (nSPS) is 13.4. The van der Waals surface area contributed by atoms with Crippen molar-refractivity contribution in [1.29, 1.82) is 0 Å². The van der Waals surface area contributed by atoms with Crippen LogP contribution in [0.2, 0.25) is 0 Å². The molecule has 0 amide bonds. The molecule has 2 N–H and O–H groups in total. The summed E-state index contributed by atoms with van der Waals surface area (Å²) in [4.78, 5) is 10.8. The van der Waals surface area contributed by atoms with E-state index in [1.165, 1.54) is 0 Å². The van der Waals surface area contributed by atoms with Crippen LogP contribution in [0.5, 0.6) is 0 Å². The Balaban J connectivity index is 4.80. The molecular weight excluding hydrogens is 202 g/mol. The Morgan fingerprint density at radius 1 is 1.38 bits per heavy atom. The molecular formula is C13H23NO2. The average Bonchev–Trinajstić information content (AvgIpc) is 2.27. The highest BCUT2D eigenvalue weighted by Crippen LogP contribution is 2.19. The Morgan fingerprint density at radius 3 is 2.31 bits per heavy atom. The Labute approximate surface area is 98.2 Å². The molecule has 0 bridgehead atoms. The van der Waals surface area contributed by atoms with Gasteiger partial charge in [0.15, 0.2) is 0 Å². The third-order valence-electron chi connectivity index (χ3n) is 2.90. The summed E-state index contributed by atoms with van der Waals surface area (Å²) >= 11 is 0. The Hall–Kier alpha value is -1.09. The molecule has 0 saturated heterocycles. The third-order valence-corrected chi connectivity index (χ3v) is 2.90. The molecule has 0 aromatic rings. The zero-order chi connectivity index (χ0) is 12.6. The minimum Gasteiger partial charge on any atom is -0.478 e. The first-order valence-electron chi connectivity index (χ1n) is 5.80. The van der Waals surface area contributed by atoms with Gasteiger partial charge in [0.1, 0.15) is 0 Å². The molecule has 92 valence electrons. The van der Waals surface area contributed by atoms with Crippen LogP contribution in [0.3, 0.4) is 0 Å². The molecule has 0 aliphatic rings. The fourth-order valence-electron chi connectivity index (χ4n) is 1.61. The molecule has 0 spiro atoms. The van der Waals surface area contributed by atoms with Crippen molar-refractivity contribution < 1.29 is 9.90 Å². The molecule has 0 aromatic carbocycles. The van der Waals surface area contributed by atoms with Gasteiger partial charge in [0.25, 0.3) is 0 Å². The second kappa shape index (κ2) is 7.23. The van der Waals surface area contributed by atoms with E-state index < -0.39 is 5.97 Å².